The fourth-order valence-electron chi connectivity index (χ4n) is 20.5. The Balaban J connectivity index is 0.896. The zero-order valence-electron chi connectivity index (χ0n) is 31.1. The average Bonchev–Trinajstić information content (AvgIpc) is 3.46. The summed E-state index contributed by atoms with van der Waals surface area (Å²) in [4.78, 5) is 0. The van der Waals surface area contributed by atoms with Crippen LogP contribution in [0.2, 0.25) is 0 Å². The van der Waals surface area contributed by atoms with Crippen molar-refractivity contribution in [2.75, 3.05) is 12.3 Å². The van der Waals surface area contributed by atoms with E-state index in [1.54, 1.807) is 166 Å². The van der Waals surface area contributed by atoms with Crippen molar-refractivity contribution in [2.24, 2.45) is 71.0 Å². The van der Waals surface area contributed by atoms with E-state index in [0.717, 1.165) is 91.6 Å². The molecule has 0 spiro atoms. The van der Waals surface area contributed by atoms with Gasteiger partial charge in [0.05, 0.1) is 0 Å². The molecule has 49 heavy (non-hydrogen) atoms. The van der Waals surface area contributed by atoms with Crippen molar-refractivity contribution in [3.8, 4) is 0 Å². The van der Waals surface area contributed by atoms with Crippen LogP contribution < -0.4 is 0 Å². The first-order chi connectivity index (χ1) is 23.9. The Morgan fingerprint density at radius 3 is 0.878 bits per heavy atom. The third kappa shape index (κ3) is 4.59. The van der Waals surface area contributed by atoms with Gasteiger partial charge >= 0.3 is 0 Å². The molecular weight excluding hydrogens is 626 g/mol. The lowest BCUT2D eigenvalue weighted by atomic mass is 9.55. The van der Waals surface area contributed by atoms with Crippen molar-refractivity contribution in [1.29, 1.82) is 0 Å². The van der Waals surface area contributed by atoms with E-state index in [4.69, 9.17) is 0 Å². The van der Waals surface area contributed by atoms with Crippen LogP contribution in [0.3, 0.4) is 0 Å². The first kappa shape index (κ1) is 30.6. The second kappa shape index (κ2) is 10.5. The Kier molecular flexibility index (Phi) is 6.60. The van der Waals surface area contributed by atoms with Gasteiger partial charge in [-0.25, -0.2) is 0 Å². The minimum Gasteiger partial charge on any atom is -0.0897 e. The fourth-order valence-corrected chi connectivity index (χ4v) is 31.0. The molecule has 16 fully saturated rings. The second-order valence-electron chi connectivity index (χ2n) is 23.5. The van der Waals surface area contributed by atoms with E-state index >= 15 is 0 Å². The van der Waals surface area contributed by atoms with Crippen molar-refractivity contribution in [3.05, 3.63) is 23.3 Å². The largest absolute Gasteiger partial charge is 0.0897 e. The Hall–Kier alpha value is 0.340. The molecule has 0 unspecified atom stereocenters. The molecule has 17 aliphatic carbocycles. The standard InChI is InChI=1S/C47H68P2/c1-2-42(28-48(44-16-30-4-31(17-44)6-32(5-30)18-44)45-19-33-7-34(20-45)9-35(8-33)21-45)43(3-1)29-49(46-22-36-10-37(23-46)12-38(11-36)24-46)47-25-39-13-40(26-47)15-41(14-39)27-47/h1-2,30-41H,3-29H2. The Bertz CT molecular complexity index is 1230. The molecule has 0 amide bonds. The molecule has 0 nitrogen and oxygen atoms in total. The molecule has 0 aromatic carbocycles. The van der Waals surface area contributed by atoms with E-state index < -0.39 is 0 Å². The van der Waals surface area contributed by atoms with Gasteiger partial charge in [-0.1, -0.05) is 33.6 Å². The van der Waals surface area contributed by atoms with Gasteiger partial charge in [-0.2, -0.15) is 0 Å². The first-order valence-corrected chi connectivity index (χ1v) is 25.9. The van der Waals surface area contributed by atoms with Gasteiger partial charge in [0.2, 0.25) is 0 Å². The van der Waals surface area contributed by atoms with Gasteiger partial charge in [0.1, 0.15) is 0 Å². The van der Waals surface area contributed by atoms with Crippen LogP contribution in [0.4, 0.5) is 0 Å². The van der Waals surface area contributed by atoms with E-state index in [0.29, 0.717) is 0 Å². The quantitative estimate of drug-likeness (QED) is 0.222. The summed E-state index contributed by atoms with van der Waals surface area (Å²) in [7, 11) is 0.156. The smallest absolute Gasteiger partial charge is 0.00634 e. The Labute approximate surface area is 302 Å². The number of allylic oxidation sites excluding steroid dienone is 4. The summed E-state index contributed by atoms with van der Waals surface area (Å²) >= 11 is 0. The maximum Gasteiger partial charge on any atom is -0.00634 e. The molecule has 2 heteroatoms. The van der Waals surface area contributed by atoms with E-state index in [1.165, 1.54) is 6.42 Å². The van der Waals surface area contributed by atoms with Crippen LogP contribution in [0, 0.1) is 71.0 Å². The lowest BCUT2D eigenvalue weighted by Crippen LogP contribution is -2.57. The van der Waals surface area contributed by atoms with Gasteiger partial charge < -0.3 is 0 Å². The summed E-state index contributed by atoms with van der Waals surface area (Å²) in [5.74, 6) is 13.5. The van der Waals surface area contributed by atoms with Crippen molar-refractivity contribution in [3.63, 3.8) is 0 Å². The van der Waals surface area contributed by atoms with Crippen LogP contribution in [0.25, 0.3) is 0 Å². The summed E-state index contributed by atoms with van der Waals surface area (Å²) in [6.45, 7) is 0. The molecule has 0 radical (unpaired) electrons. The minimum absolute atomic E-state index is 0.0725. The second-order valence-corrected chi connectivity index (χ2v) is 29.6. The lowest BCUT2D eigenvalue weighted by Gasteiger charge is -2.68. The van der Waals surface area contributed by atoms with Gasteiger partial charge in [0.25, 0.3) is 0 Å². The summed E-state index contributed by atoms with van der Waals surface area (Å²) in [5, 5.41) is 3.16. The van der Waals surface area contributed by atoms with E-state index in [2.05, 4.69) is 17.7 Å². The zero-order valence-corrected chi connectivity index (χ0v) is 32.9. The van der Waals surface area contributed by atoms with Gasteiger partial charge in [0, 0.05) is 0 Å². The SMILES string of the molecule is C1=CC(CP(C23CC4CC(CC(C4)C2)C3)C23CC4CC(CC(C4)C2)C3)=C(CP(C23CC4CC(CC(C4)C2)C3)C23CC4CC(CC(C4)C2)C3)C1. The van der Waals surface area contributed by atoms with Crippen molar-refractivity contribution >= 4 is 15.8 Å². The van der Waals surface area contributed by atoms with Crippen molar-refractivity contribution in [2.45, 2.75) is 181 Å². The summed E-state index contributed by atoms with van der Waals surface area (Å²) < 4.78 is 0. The van der Waals surface area contributed by atoms with Crippen LogP contribution in [0.1, 0.15) is 161 Å². The topological polar surface area (TPSA) is 0 Å². The predicted octanol–water partition coefficient (Wildman–Crippen LogP) is 13.1. The zero-order chi connectivity index (χ0) is 31.7. The maximum absolute atomic E-state index is 2.83. The molecule has 0 heterocycles. The van der Waals surface area contributed by atoms with Crippen molar-refractivity contribution in [1.82, 2.24) is 0 Å². The summed E-state index contributed by atoms with van der Waals surface area (Å²) in [6.07, 6.45) is 50.1. The van der Waals surface area contributed by atoms with Crippen LogP contribution in [-0.4, -0.2) is 32.9 Å². The monoisotopic (exact) mass is 694 g/mol. The molecular formula is C47H68P2. The summed E-state index contributed by atoms with van der Waals surface area (Å²) in [5.41, 5.74) is 4.10. The van der Waals surface area contributed by atoms with Crippen LogP contribution in [0.15, 0.2) is 23.3 Å². The molecule has 17 aliphatic rings. The highest BCUT2D eigenvalue weighted by Gasteiger charge is 2.65. The van der Waals surface area contributed by atoms with E-state index in [1.807, 2.05) is 5.57 Å². The third-order valence-corrected chi connectivity index (χ3v) is 28.3. The Morgan fingerprint density at radius 2 is 0.612 bits per heavy atom. The third-order valence-electron chi connectivity index (χ3n) is 20.1. The highest BCUT2D eigenvalue weighted by Crippen LogP contribution is 2.81. The highest BCUT2D eigenvalue weighted by atomic mass is 31.1. The average molecular weight is 695 g/mol. The molecule has 17 rings (SSSR count). The number of rotatable bonds is 8. The van der Waals surface area contributed by atoms with Gasteiger partial charge in [0.15, 0.2) is 0 Å². The summed E-state index contributed by atoms with van der Waals surface area (Å²) in [6, 6.07) is 0. The first-order valence-electron chi connectivity index (χ1n) is 22.8. The van der Waals surface area contributed by atoms with E-state index in [-0.39, 0.29) is 15.8 Å². The normalized spacial score (nSPS) is 59.2. The van der Waals surface area contributed by atoms with E-state index in [9.17, 15) is 0 Å². The van der Waals surface area contributed by atoms with Crippen LogP contribution in [-0.2, 0) is 0 Å². The predicted molar refractivity (Wildman–Crippen MR) is 208 cm³/mol. The van der Waals surface area contributed by atoms with Gasteiger partial charge in [-0.3, -0.25) is 0 Å². The molecule has 0 saturated heterocycles. The van der Waals surface area contributed by atoms with Crippen molar-refractivity contribution < 1.29 is 0 Å². The minimum atomic E-state index is 0.0725. The molecule has 266 valence electrons. The lowest BCUT2D eigenvalue weighted by molar-refractivity contribution is 0.0184. The van der Waals surface area contributed by atoms with Crippen LogP contribution >= 0.6 is 15.8 Å². The molecule has 0 N–H and O–H groups in total. The molecule has 16 bridgehead atoms. The maximum atomic E-state index is 2.83. The van der Waals surface area contributed by atoms with Gasteiger partial charge in [-0.05, 0) is 270 Å². The van der Waals surface area contributed by atoms with Gasteiger partial charge in [-0.15, -0.1) is 0 Å². The number of hydrogen-bond acceptors (Lipinski definition) is 0. The van der Waals surface area contributed by atoms with Crippen LogP contribution in [0.5, 0.6) is 0 Å². The molecule has 0 aromatic heterocycles. The number of hydrogen-bond donors (Lipinski definition) is 0. The molecule has 0 aliphatic heterocycles. The highest BCUT2D eigenvalue weighted by molar-refractivity contribution is 7.62. The molecule has 0 atom stereocenters. The molecule has 0 aromatic rings. The Morgan fingerprint density at radius 1 is 0.367 bits per heavy atom. The fraction of sp³-hybridized carbons (Fsp3) is 0.915. The molecule has 16 saturated carbocycles.